The first kappa shape index (κ1) is 17.4. The standard InChI is InChI=1S/C19H22ClNO2/c1-12(2)17-10-5-7-13(3)18(17)21-19(22)14(4)23-16-9-6-8-15(20)11-16/h5-12,14H,1-4H3,(H,21,22). The molecule has 2 aromatic carbocycles. The third-order valence-corrected chi connectivity index (χ3v) is 3.89. The third-order valence-electron chi connectivity index (χ3n) is 3.65. The number of aryl methyl sites for hydroxylation is 1. The van der Waals surface area contributed by atoms with Crippen LogP contribution in [0, 0.1) is 6.92 Å². The quantitative estimate of drug-likeness (QED) is 0.820. The average Bonchev–Trinajstić information content (AvgIpc) is 2.48. The number of benzene rings is 2. The molecular formula is C19H22ClNO2. The number of rotatable bonds is 5. The van der Waals surface area contributed by atoms with Gasteiger partial charge in [-0.05, 0) is 49.1 Å². The zero-order valence-corrected chi connectivity index (χ0v) is 14.6. The van der Waals surface area contributed by atoms with Crippen molar-refractivity contribution in [3.8, 4) is 5.75 Å². The Morgan fingerprint density at radius 2 is 1.83 bits per heavy atom. The van der Waals surface area contributed by atoms with E-state index in [1.54, 1.807) is 31.2 Å². The van der Waals surface area contributed by atoms with Gasteiger partial charge >= 0.3 is 0 Å². The minimum atomic E-state index is -0.618. The lowest BCUT2D eigenvalue weighted by molar-refractivity contribution is -0.122. The van der Waals surface area contributed by atoms with E-state index in [2.05, 4.69) is 19.2 Å². The van der Waals surface area contributed by atoms with Crippen LogP contribution in [-0.2, 0) is 4.79 Å². The van der Waals surface area contributed by atoms with Crippen LogP contribution in [0.4, 0.5) is 5.69 Å². The summed E-state index contributed by atoms with van der Waals surface area (Å²) in [5.74, 6) is 0.726. The maximum Gasteiger partial charge on any atom is 0.265 e. The van der Waals surface area contributed by atoms with Crippen molar-refractivity contribution in [2.75, 3.05) is 5.32 Å². The Kier molecular flexibility index (Phi) is 5.67. The lowest BCUT2D eigenvalue weighted by Gasteiger charge is -2.19. The molecule has 4 heteroatoms. The number of anilines is 1. The summed E-state index contributed by atoms with van der Waals surface area (Å²) < 4.78 is 5.67. The van der Waals surface area contributed by atoms with Crippen molar-refractivity contribution in [2.24, 2.45) is 0 Å². The number of nitrogens with one attached hydrogen (secondary N) is 1. The van der Waals surface area contributed by atoms with Gasteiger partial charge in [-0.25, -0.2) is 0 Å². The minimum absolute atomic E-state index is 0.179. The van der Waals surface area contributed by atoms with Crippen LogP contribution >= 0.6 is 11.6 Å². The van der Waals surface area contributed by atoms with Crippen LogP contribution in [0.5, 0.6) is 5.75 Å². The molecule has 0 heterocycles. The molecule has 0 aliphatic heterocycles. The first-order chi connectivity index (χ1) is 10.9. The Morgan fingerprint density at radius 1 is 1.13 bits per heavy atom. The van der Waals surface area contributed by atoms with Crippen LogP contribution in [0.25, 0.3) is 0 Å². The molecule has 0 saturated carbocycles. The molecule has 122 valence electrons. The van der Waals surface area contributed by atoms with Crippen LogP contribution in [0.15, 0.2) is 42.5 Å². The topological polar surface area (TPSA) is 38.3 Å². The molecule has 1 atom stereocenters. The van der Waals surface area contributed by atoms with Gasteiger partial charge in [-0.2, -0.15) is 0 Å². The van der Waals surface area contributed by atoms with E-state index in [4.69, 9.17) is 16.3 Å². The van der Waals surface area contributed by atoms with Crippen LogP contribution in [0.2, 0.25) is 5.02 Å². The first-order valence-electron chi connectivity index (χ1n) is 7.71. The van der Waals surface area contributed by atoms with Gasteiger partial charge in [0.05, 0.1) is 0 Å². The lowest BCUT2D eigenvalue weighted by atomic mass is 9.98. The second-order valence-corrected chi connectivity index (χ2v) is 6.34. The number of carbonyl (C=O) groups excluding carboxylic acids is 1. The van der Waals surface area contributed by atoms with Crippen LogP contribution in [0.3, 0.4) is 0 Å². The first-order valence-corrected chi connectivity index (χ1v) is 8.09. The number of hydrogen-bond donors (Lipinski definition) is 1. The zero-order valence-electron chi connectivity index (χ0n) is 13.9. The highest BCUT2D eigenvalue weighted by atomic mass is 35.5. The molecule has 23 heavy (non-hydrogen) atoms. The molecule has 0 bridgehead atoms. The van der Waals surface area contributed by atoms with E-state index < -0.39 is 6.10 Å². The van der Waals surface area contributed by atoms with E-state index in [0.717, 1.165) is 16.8 Å². The van der Waals surface area contributed by atoms with Crippen molar-refractivity contribution >= 4 is 23.2 Å². The van der Waals surface area contributed by atoms with Gasteiger partial charge in [0.15, 0.2) is 6.10 Å². The number of para-hydroxylation sites is 1. The zero-order chi connectivity index (χ0) is 17.0. The van der Waals surface area contributed by atoms with E-state index in [-0.39, 0.29) is 5.91 Å². The normalized spacial score (nSPS) is 12.1. The highest BCUT2D eigenvalue weighted by Crippen LogP contribution is 2.27. The molecule has 1 N–H and O–H groups in total. The van der Waals surface area contributed by atoms with Gasteiger partial charge < -0.3 is 10.1 Å². The maximum absolute atomic E-state index is 12.5. The molecule has 0 aliphatic rings. The summed E-state index contributed by atoms with van der Waals surface area (Å²) in [6.45, 7) is 7.93. The van der Waals surface area contributed by atoms with Crippen LogP contribution in [0.1, 0.15) is 37.8 Å². The van der Waals surface area contributed by atoms with Crippen molar-refractivity contribution in [3.63, 3.8) is 0 Å². The average molecular weight is 332 g/mol. The van der Waals surface area contributed by atoms with Crippen molar-refractivity contribution in [3.05, 3.63) is 58.6 Å². The molecule has 0 radical (unpaired) electrons. The van der Waals surface area contributed by atoms with E-state index in [9.17, 15) is 4.79 Å². The van der Waals surface area contributed by atoms with Crippen molar-refractivity contribution in [1.29, 1.82) is 0 Å². The second-order valence-electron chi connectivity index (χ2n) is 5.90. The van der Waals surface area contributed by atoms with Gasteiger partial charge in [0.2, 0.25) is 0 Å². The molecule has 2 rings (SSSR count). The summed E-state index contributed by atoms with van der Waals surface area (Å²) in [6, 6.07) is 13.1. The van der Waals surface area contributed by atoms with Crippen molar-refractivity contribution in [2.45, 2.75) is 39.7 Å². The van der Waals surface area contributed by atoms with Gasteiger partial charge in [0.25, 0.3) is 5.91 Å². The highest BCUT2D eigenvalue weighted by molar-refractivity contribution is 6.30. The van der Waals surface area contributed by atoms with Crippen LogP contribution in [-0.4, -0.2) is 12.0 Å². The van der Waals surface area contributed by atoms with Crippen molar-refractivity contribution < 1.29 is 9.53 Å². The summed E-state index contributed by atoms with van der Waals surface area (Å²) in [4.78, 5) is 12.5. The number of halogens is 1. The summed E-state index contributed by atoms with van der Waals surface area (Å²) in [5, 5.41) is 3.58. The number of amides is 1. The molecular weight excluding hydrogens is 310 g/mol. The van der Waals surface area contributed by atoms with Gasteiger partial charge in [-0.15, -0.1) is 0 Å². The molecule has 0 saturated heterocycles. The fraction of sp³-hybridized carbons (Fsp3) is 0.316. The molecule has 0 aromatic heterocycles. The van der Waals surface area contributed by atoms with E-state index in [1.807, 2.05) is 25.1 Å². The molecule has 3 nitrogen and oxygen atoms in total. The Balaban J connectivity index is 2.13. The van der Waals surface area contributed by atoms with E-state index in [0.29, 0.717) is 16.7 Å². The molecule has 0 spiro atoms. The van der Waals surface area contributed by atoms with Gasteiger partial charge in [-0.3, -0.25) is 4.79 Å². The Hall–Kier alpha value is -2.00. The third kappa shape index (κ3) is 4.49. The summed E-state index contributed by atoms with van der Waals surface area (Å²) in [7, 11) is 0. The summed E-state index contributed by atoms with van der Waals surface area (Å²) >= 11 is 5.93. The molecule has 1 unspecified atom stereocenters. The SMILES string of the molecule is Cc1cccc(C(C)C)c1NC(=O)C(C)Oc1cccc(Cl)c1. The number of ether oxygens (including phenoxy) is 1. The Labute approximate surface area is 142 Å². The highest BCUT2D eigenvalue weighted by Gasteiger charge is 2.18. The maximum atomic E-state index is 12.5. The predicted molar refractivity (Wildman–Crippen MR) is 95.4 cm³/mol. The Morgan fingerprint density at radius 3 is 2.48 bits per heavy atom. The van der Waals surface area contributed by atoms with E-state index >= 15 is 0 Å². The second kappa shape index (κ2) is 7.51. The number of hydrogen-bond acceptors (Lipinski definition) is 2. The van der Waals surface area contributed by atoms with E-state index in [1.165, 1.54) is 0 Å². The molecule has 0 aliphatic carbocycles. The smallest absolute Gasteiger partial charge is 0.265 e. The Bertz CT molecular complexity index is 698. The molecule has 0 fully saturated rings. The monoisotopic (exact) mass is 331 g/mol. The number of carbonyl (C=O) groups is 1. The predicted octanol–water partition coefficient (Wildman–Crippen LogP) is 5.18. The van der Waals surface area contributed by atoms with Crippen LogP contribution < -0.4 is 10.1 Å². The lowest BCUT2D eigenvalue weighted by Crippen LogP contribution is -2.30. The van der Waals surface area contributed by atoms with Gasteiger partial charge in [-0.1, -0.05) is 49.7 Å². The van der Waals surface area contributed by atoms with Gasteiger partial charge in [0.1, 0.15) is 5.75 Å². The summed E-state index contributed by atoms with van der Waals surface area (Å²) in [5.41, 5.74) is 3.03. The largest absolute Gasteiger partial charge is 0.481 e. The summed E-state index contributed by atoms with van der Waals surface area (Å²) in [6.07, 6.45) is -0.618. The van der Waals surface area contributed by atoms with Gasteiger partial charge in [0, 0.05) is 10.7 Å². The fourth-order valence-electron chi connectivity index (χ4n) is 2.37. The van der Waals surface area contributed by atoms with Crippen molar-refractivity contribution in [1.82, 2.24) is 0 Å². The molecule has 1 amide bonds. The minimum Gasteiger partial charge on any atom is -0.481 e. The molecule has 2 aromatic rings. The fourth-order valence-corrected chi connectivity index (χ4v) is 2.55.